The molecule has 0 bridgehead atoms. The van der Waals surface area contributed by atoms with E-state index in [-0.39, 0.29) is 24.1 Å². The number of rotatable bonds is 9. The largest absolute Gasteiger partial charge is 0.484 e. The number of piperazine rings is 1. The van der Waals surface area contributed by atoms with Gasteiger partial charge < -0.3 is 30.6 Å². The van der Waals surface area contributed by atoms with Crippen molar-refractivity contribution in [3.63, 3.8) is 0 Å². The number of H-pyrrole nitrogens is 1. The number of carbonyl (C=O) groups excluding carboxylic acids is 2. The van der Waals surface area contributed by atoms with Gasteiger partial charge in [-0.1, -0.05) is 0 Å². The van der Waals surface area contributed by atoms with Crippen molar-refractivity contribution in [3.8, 4) is 5.75 Å². The third-order valence-electron chi connectivity index (χ3n) is 6.98. The van der Waals surface area contributed by atoms with E-state index in [2.05, 4.69) is 15.2 Å². The Hall–Kier alpha value is -4.90. The van der Waals surface area contributed by atoms with E-state index in [1.165, 1.54) is 24.3 Å². The van der Waals surface area contributed by atoms with Crippen LogP contribution in [0.25, 0.3) is 10.9 Å². The summed E-state index contributed by atoms with van der Waals surface area (Å²) < 4.78 is 5.82. The van der Waals surface area contributed by atoms with Gasteiger partial charge in [-0.2, -0.15) is 0 Å². The first-order chi connectivity index (χ1) is 19.4. The number of amides is 2. The lowest BCUT2D eigenvalue weighted by Gasteiger charge is -2.36. The van der Waals surface area contributed by atoms with Crippen LogP contribution in [-0.4, -0.2) is 66.0 Å². The van der Waals surface area contributed by atoms with E-state index < -0.39 is 4.92 Å². The second kappa shape index (κ2) is 11.9. The van der Waals surface area contributed by atoms with Crippen molar-refractivity contribution in [2.24, 2.45) is 5.73 Å². The van der Waals surface area contributed by atoms with Gasteiger partial charge in [0.2, 0.25) is 0 Å². The summed E-state index contributed by atoms with van der Waals surface area (Å²) in [6.45, 7) is 3.06. The zero-order valence-electron chi connectivity index (χ0n) is 21.8. The van der Waals surface area contributed by atoms with Crippen LogP contribution in [0.1, 0.15) is 15.9 Å². The van der Waals surface area contributed by atoms with E-state index in [0.717, 1.165) is 28.6 Å². The summed E-state index contributed by atoms with van der Waals surface area (Å²) >= 11 is 0. The number of aromatic nitrogens is 1. The van der Waals surface area contributed by atoms with Crippen molar-refractivity contribution in [2.45, 2.75) is 6.42 Å². The lowest BCUT2D eigenvalue weighted by Crippen LogP contribution is -2.50. The van der Waals surface area contributed by atoms with Crippen molar-refractivity contribution >= 4 is 39.8 Å². The van der Waals surface area contributed by atoms with Crippen molar-refractivity contribution in [2.75, 3.05) is 49.5 Å². The molecule has 0 unspecified atom stereocenters. The minimum absolute atomic E-state index is 0.0225. The number of hydrogen-bond donors (Lipinski definition) is 3. The Morgan fingerprint density at radius 3 is 2.40 bits per heavy atom. The van der Waals surface area contributed by atoms with Crippen LogP contribution in [0.4, 0.5) is 17.1 Å². The van der Waals surface area contributed by atoms with Gasteiger partial charge in [0, 0.05) is 72.3 Å². The molecule has 0 aliphatic carbocycles. The summed E-state index contributed by atoms with van der Waals surface area (Å²) in [6.07, 6.45) is 2.73. The highest BCUT2D eigenvalue weighted by Crippen LogP contribution is 2.25. The summed E-state index contributed by atoms with van der Waals surface area (Å²) in [5, 5.41) is 14.7. The number of nitro benzene ring substituents is 1. The van der Waals surface area contributed by atoms with Gasteiger partial charge in [0.1, 0.15) is 5.75 Å². The Bertz CT molecular complexity index is 1510. The number of non-ortho nitro benzene ring substituents is 1. The quantitative estimate of drug-likeness (QED) is 0.216. The maximum atomic E-state index is 12.8. The van der Waals surface area contributed by atoms with Crippen LogP contribution >= 0.6 is 0 Å². The highest BCUT2D eigenvalue weighted by Gasteiger charge is 2.22. The number of hydrogen-bond acceptors (Lipinski definition) is 7. The number of fused-ring (bicyclic) bond motifs is 1. The fourth-order valence-corrected chi connectivity index (χ4v) is 4.75. The van der Waals surface area contributed by atoms with Crippen molar-refractivity contribution < 1.29 is 19.2 Å². The van der Waals surface area contributed by atoms with Crippen molar-refractivity contribution in [1.29, 1.82) is 0 Å². The van der Waals surface area contributed by atoms with Crippen LogP contribution in [0.15, 0.2) is 72.9 Å². The molecule has 206 valence electrons. The van der Waals surface area contributed by atoms with Crippen molar-refractivity contribution in [1.82, 2.24) is 9.88 Å². The summed E-state index contributed by atoms with van der Waals surface area (Å²) in [6, 6.07) is 18.7. The summed E-state index contributed by atoms with van der Waals surface area (Å²) in [5.41, 5.74) is 9.72. The number of nitrogens with two attached hydrogens (primary N) is 1. The number of nitro groups is 1. The molecule has 0 radical (unpaired) electrons. The number of ether oxygens (including phenoxy) is 1. The molecule has 1 aliphatic rings. The number of carbonyl (C=O) groups is 2. The van der Waals surface area contributed by atoms with E-state index >= 15 is 0 Å². The second-order valence-electron chi connectivity index (χ2n) is 9.52. The molecule has 1 aliphatic heterocycles. The van der Waals surface area contributed by atoms with Crippen LogP contribution in [0.2, 0.25) is 0 Å². The number of nitrogens with zero attached hydrogens (tertiary/aromatic N) is 3. The average molecular weight is 543 g/mol. The van der Waals surface area contributed by atoms with Gasteiger partial charge in [-0.3, -0.25) is 19.7 Å². The number of anilines is 2. The fourth-order valence-electron chi connectivity index (χ4n) is 4.75. The topological polar surface area (TPSA) is 147 Å². The predicted molar refractivity (Wildman–Crippen MR) is 153 cm³/mol. The van der Waals surface area contributed by atoms with E-state index in [1.807, 2.05) is 53.6 Å². The molecule has 11 heteroatoms. The number of nitrogens with one attached hydrogen (secondary N) is 2. The van der Waals surface area contributed by atoms with Crippen LogP contribution in [0.5, 0.6) is 5.75 Å². The van der Waals surface area contributed by atoms with Gasteiger partial charge in [-0.25, -0.2) is 0 Å². The van der Waals surface area contributed by atoms with Crippen LogP contribution in [0.3, 0.4) is 0 Å². The smallest absolute Gasteiger partial charge is 0.269 e. The van der Waals surface area contributed by atoms with Crippen molar-refractivity contribution in [3.05, 3.63) is 94.2 Å². The molecule has 4 aromatic rings. The molecule has 2 amide bonds. The third kappa shape index (κ3) is 6.05. The van der Waals surface area contributed by atoms with Crippen LogP contribution in [0, 0.1) is 10.1 Å². The number of aromatic amines is 1. The lowest BCUT2D eigenvalue weighted by atomic mass is 10.1. The molecule has 2 heterocycles. The van der Waals surface area contributed by atoms with Gasteiger partial charge >= 0.3 is 0 Å². The standard InChI is InChI=1S/C29H30N6O5/c30-12-11-21-18-31-27-10-9-25(17-26(21)27)40-19-28(36)34-15-13-33(14-16-34)23-7-3-22(4-8-23)32-29(37)20-1-5-24(6-2-20)35(38)39/h1-10,17-18,31H,11-16,19,30H2,(H,32,37). The Kier molecular flexibility index (Phi) is 7.92. The normalized spacial score (nSPS) is 13.3. The van der Waals surface area contributed by atoms with E-state index in [4.69, 9.17) is 10.5 Å². The fraction of sp³-hybridized carbons (Fsp3) is 0.241. The number of benzene rings is 3. The Morgan fingerprint density at radius 2 is 1.73 bits per heavy atom. The molecule has 0 spiro atoms. The first-order valence-corrected chi connectivity index (χ1v) is 13.0. The lowest BCUT2D eigenvalue weighted by molar-refractivity contribution is -0.384. The minimum atomic E-state index is -0.506. The Labute approximate surface area is 230 Å². The predicted octanol–water partition coefficient (Wildman–Crippen LogP) is 3.56. The molecule has 4 N–H and O–H groups in total. The van der Waals surface area contributed by atoms with Crippen LogP contribution in [-0.2, 0) is 11.2 Å². The molecule has 1 aromatic heterocycles. The molecular formula is C29H30N6O5. The molecule has 40 heavy (non-hydrogen) atoms. The first kappa shape index (κ1) is 26.7. The summed E-state index contributed by atoms with van der Waals surface area (Å²) in [5.74, 6) is 0.249. The monoisotopic (exact) mass is 542 g/mol. The van der Waals surface area contributed by atoms with Gasteiger partial charge in [0.15, 0.2) is 6.61 Å². The Morgan fingerprint density at radius 1 is 1.00 bits per heavy atom. The third-order valence-corrected chi connectivity index (χ3v) is 6.98. The van der Waals surface area contributed by atoms with Gasteiger partial charge in [0.25, 0.3) is 17.5 Å². The highest BCUT2D eigenvalue weighted by atomic mass is 16.6. The molecular weight excluding hydrogens is 512 g/mol. The highest BCUT2D eigenvalue weighted by molar-refractivity contribution is 6.04. The molecule has 5 rings (SSSR count). The van der Waals surface area contributed by atoms with Gasteiger partial charge in [0.05, 0.1) is 4.92 Å². The van der Waals surface area contributed by atoms with E-state index in [9.17, 15) is 19.7 Å². The average Bonchev–Trinajstić information content (AvgIpc) is 3.38. The second-order valence-corrected chi connectivity index (χ2v) is 9.52. The molecule has 11 nitrogen and oxygen atoms in total. The molecule has 3 aromatic carbocycles. The molecule has 0 atom stereocenters. The molecule has 1 fully saturated rings. The molecule has 0 saturated carbocycles. The van der Waals surface area contributed by atoms with E-state index in [0.29, 0.717) is 49.7 Å². The summed E-state index contributed by atoms with van der Waals surface area (Å²) in [4.78, 5) is 42.8. The zero-order chi connectivity index (χ0) is 28.1. The first-order valence-electron chi connectivity index (χ1n) is 13.0. The minimum Gasteiger partial charge on any atom is -0.484 e. The van der Waals surface area contributed by atoms with Crippen LogP contribution < -0.4 is 20.7 Å². The maximum absolute atomic E-state index is 12.8. The molecule has 1 saturated heterocycles. The zero-order valence-corrected chi connectivity index (χ0v) is 21.8. The van der Waals surface area contributed by atoms with Gasteiger partial charge in [-0.05, 0) is 73.1 Å². The van der Waals surface area contributed by atoms with Gasteiger partial charge in [-0.15, -0.1) is 0 Å². The maximum Gasteiger partial charge on any atom is 0.269 e. The summed E-state index contributed by atoms with van der Waals surface area (Å²) in [7, 11) is 0. The van der Waals surface area contributed by atoms with E-state index in [1.54, 1.807) is 0 Å². The SMILES string of the molecule is NCCc1c[nH]c2ccc(OCC(=O)N3CCN(c4ccc(NC(=O)c5ccc([N+](=O)[O-])cc5)cc4)CC3)cc12. The Balaban J connectivity index is 1.10.